The second kappa shape index (κ2) is 10.6. The molecule has 2 aliphatic heterocycles. The number of carbonyl (C=O) groups excluding carboxylic acids is 1. The molecule has 3 aromatic heterocycles. The normalized spacial score (nSPS) is 20.9. The number of aromatic nitrogens is 4. The van der Waals surface area contributed by atoms with E-state index in [-0.39, 0.29) is 16.8 Å². The first-order chi connectivity index (χ1) is 20.1. The van der Waals surface area contributed by atoms with Gasteiger partial charge in [0.15, 0.2) is 0 Å². The summed E-state index contributed by atoms with van der Waals surface area (Å²) in [5.74, 6) is 0.781. The summed E-state index contributed by atoms with van der Waals surface area (Å²) in [5.41, 5.74) is 7.38. The molecule has 42 heavy (non-hydrogen) atoms. The highest BCUT2D eigenvalue weighted by molar-refractivity contribution is 6.04. The lowest BCUT2D eigenvalue weighted by Crippen LogP contribution is -2.47. The van der Waals surface area contributed by atoms with Crippen LogP contribution in [0, 0.1) is 0 Å². The Labute approximate surface area is 240 Å². The van der Waals surface area contributed by atoms with E-state index in [9.17, 15) is 18.0 Å². The Balaban J connectivity index is 1.38. The number of ether oxygens (including phenoxy) is 1. The van der Waals surface area contributed by atoms with E-state index in [1.807, 2.05) is 17.5 Å². The molecule has 9 nitrogen and oxygen atoms in total. The van der Waals surface area contributed by atoms with Crippen molar-refractivity contribution in [3.63, 3.8) is 0 Å². The molecule has 6 rings (SSSR count). The topological polar surface area (TPSA) is 111 Å². The van der Waals surface area contributed by atoms with Crippen molar-refractivity contribution in [2.75, 3.05) is 30.7 Å². The Morgan fingerprint density at radius 1 is 1.19 bits per heavy atom. The van der Waals surface area contributed by atoms with Crippen LogP contribution in [0.4, 0.5) is 24.8 Å². The van der Waals surface area contributed by atoms with E-state index in [1.54, 1.807) is 24.4 Å². The number of imidazole rings is 1. The smallest absolute Gasteiger partial charge is 0.416 e. The Kier molecular flexibility index (Phi) is 7.04. The average Bonchev–Trinajstić information content (AvgIpc) is 3.58. The zero-order valence-electron chi connectivity index (χ0n) is 23.4. The van der Waals surface area contributed by atoms with E-state index < -0.39 is 17.6 Å². The maximum Gasteiger partial charge on any atom is 0.416 e. The molecule has 2 aliphatic rings. The molecule has 2 fully saturated rings. The number of benzene rings is 1. The molecule has 5 heterocycles. The zero-order valence-corrected chi connectivity index (χ0v) is 23.4. The molecule has 0 aliphatic carbocycles. The fourth-order valence-electron chi connectivity index (χ4n) is 6.30. The number of fused-ring (bicyclic) bond motifs is 2. The third-order valence-electron chi connectivity index (χ3n) is 8.33. The van der Waals surface area contributed by atoms with E-state index in [4.69, 9.17) is 15.5 Å². The van der Waals surface area contributed by atoms with Crippen molar-refractivity contribution in [3.8, 4) is 17.0 Å². The number of pyridine rings is 1. The van der Waals surface area contributed by atoms with Crippen LogP contribution in [0.3, 0.4) is 0 Å². The predicted octanol–water partition coefficient (Wildman–Crippen LogP) is 5.56. The number of alkyl halides is 3. The van der Waals surface area contributed by atoms with Gasteiger partial charge in [0.05, 0.1) is 12.2 Å². The minimum atomic E-state index is -4.56. The number of nitrogen functional groups attached to an aromatic ring is 1. The van der Waals surface area contributed by atoms with Crippen LogP contribution in [-0.4, -0.2) is 55.9 Å². The van der Waals surface area contributed by atoms with Crippen LogP contribution in [0.15, 0.2) is 48.9 Å². The van der Waals surface area contributed by atoms with Crippen LogP contribution < -0.4 is 15.8 Å². The number of rotatable bonds is 6. The number of carbonyl (C=O) groups is 1. The zero-order chi connectivity index (χ0) is 29.6. The van der Waals surface area contributed by atoms with Gasteiger partial charge in [0.25, 0.3) is 5.91 Å². The average molecular weight is 580 g/mol. The van der Waals surface area contributed by atoms with Gasteiger partial charge in [-0.15, -0.1) is 0 Å². The first kappa shape index (κ1) is 28.0. The van der Waals surface area contributed by atoms with Gasteiger partial charge >= 0.3 is 6.18 Å². The summed E-state index contributed by atoms with van der Waals surface area (Å²) in [4.78, 5) is 29.0. The quantitative estimate of drug-likeness (QED) is 0.308. The highest BCUT2D eigenvalue weighted by Gasteiger charge is 2.42. The molecule has 0 unspecified atom stereocenters. The highest BCUT2D eigenvalue weighted by atomic mass is 19.4. The van der Waals surface area contributed by atoms with Crippen molar-refractivity contribution < 1.29 is 22.7 Å². The third-order valence-corrected chi connectivity index (χ3v) is 8.33. The van der Waals surface area contributed by atoms with E-state index >= 15 is 0 Å². The number of halogens is 3. The number of nitrogens with one attached hydrogen (secondary N) is 1. The van der Waals surface area contributed by atoms with Gasteiger partial charge in [0.1, 0.15) is 34.4 Å². The van der Waals surface area contributed by atoms with Crippen LogP contribution in [0.5, 0.6) is 5.75 Å². The Morgan fingerprint density at radius 3 is 2.81 bits per heavy atom. The number of amides is 1. The van der Waals surface area contributed by atoms with Gasteiger partial charge in [-0.1, -0.05) is 6.92 Å². The van der Waals surface area contributed by atoms with Gasteiger partial charge in [-0.2, -0.15) is 13.2 Å². The van der Waals surface area contributed by atoms with Crippen LogP contribution in [0.1, 0.15) is 61.3 Å². The Morgan fingerprint density at radius 2 is 2.02 bits per heavy atom. The molecule has 1 aromatic carbocycles. The van der Waals surface area contributed by atoms with E-state index in [1.165, 1.54) is 12.8 Å². The molecule has 0 spiro atoms. The summed E-state index contributed by atoms with van der Waals surface area (Å²) < 4.78 is 47.4. The van der Waals surface area contributed by atoms with Crippen molar-refractivity contribution in [2.45, 2.75) is 57.2 Å². The molecule has 0 radical (unpaired) electrons. The molecule has 3 N–H and O–H groups in total. The molecule has 0 bridgehead atoms. The summed E-state index contributed by atoms with van der Waals surface area (Å²) in [6.45, 7) is 6.38. The summed E-state index contributed by atoms with van der Waals surface area (Å²) in [5, 5.41) is 2.45. The van der Waals surface area contributed by atoms with E-state index in [0.29, 0.717) is 41.0 Å². The van der Waals surface area contributed by atoms with Crippen molar-refractivity contribution in [2.24, 2.45) is 0 Å². The molecule has 220 valence electrons. The van der Waals surface area contributed by atoms with Crippen LogP contribution >= 0.6 is 0 Å². The minimum Gasteiger partial charge on any atom is -0.493 e. The van der Waals surface area contributed by atoms with Crippen LogP contribution in [0.25, 0.3) is 16.8 Å². The number of hydrogen-bond donors (Lipinski definition) is 2. The fourth-order valence-corrected chi connectivity index (χ4v) is 6.30. The summed E-state index contributed by atoms with van der Waals surface area (Å²) in [7, 11) is 0. The lowest BCUT2D eigenvalue weighted by molar-refractivity contribution is -0.137. The lowest BCUT2D eigenvalue weighted by Gasteiger charge is -2.41. The van der Waals surface area contributed by atoms with Gasteiger partial charge in [0, 0.05) is 47.7 Å². The second-order valence-electron chi connectivity index (χ2n) is 11.2. The molecular formula is C30H32F3N7O2. The molecule has 12 heteroatoms. The monoisotopic (exact) mass is 579 g/mol. The number of nitrogens with two attached hydrogens (primary N) is 1. The third kappa shape index (κ3) is 5.04. The second-order valence-corrected chi connectivity index (χ2v) is 11.2. The first-order valence-electron chi connectivity index (χ1n) is 14.1. The Bertz CT molecular complexity index is 1650. The molecular weight excluding hydrogens is 547 g/mol. The van der Waals surface area contributed by atoms with Gasteiger partial charge in [-0.3, -0.25) is 14.1 Å². The van der Waals surface area contributed by atoms with Crippen molar-refractivity contribution in [3.05, 3.63) is 65.9 Å². The molecule has 4 aromatic rings. The number of hydrogen-bond acceptors (Lipinski definition) is 7. The molecule has 2 saturated heterocycles. The van der Waals surface area contributed by atoms with Gasteiger partial charge in [-0.05, 0) is 69.5 Å². The minimum absolute atomic E-state index is 0.190. The molecule has 0 saturated carbocycles. The Hall–Kier alpha value is -4.19. The highest BCUT2D eigenvalue weighted by Crippen LogP contribution is 2.43. The summed E-state index contributed by atoms with van der Waals surface area (Å²) in [6, 6.07) is 7.12. The van der Waals surface area contributed by atoms with Crippen molar-refractivity contribution in [1.82, 2.24) is 24.3 Å². The maximum atomic E-state index is 13.1. The summed E-state index contributed by atoms with van der Waals surface area (Å²) in [6.07, 6.45) is 4.55. The van der Waals surface area contributed by atoms with Gasteiger partial charge < -0.3 is 15.8 Å². The SMILES string of the molecule is CCOc1cc(C(=O)Nc2cc(C(F)(F)F)ccn2)ccc1-c1nc([C@]2(C)CC[C@H]3CCCN3C2)n2ccnc(N)c12. The largest absolute Gasteiger partial charge is 0.493 e. The van der Waals surface area contributed by atoms with Crippen molar-refractivity contribution >= 4 is 23.1 Å². The van der Waals surface area contributed by atoms with Crippen LogP contribution in [-0.2, 0) is 11.6 Å². The maximum absolute atomic E-state index is 13.1. The number of piperidine rings is 1. The number of anilines is 2. The standard InChI is InChI=1S/C30H32F3N7O2/c1-3-42-22-15-18(27(41)37-23-16-19(9-11-35-23)30(31,32)33)6-7-21(22)24-25-26(34)36-12-14-40(25)28(38-24)29(2)10-8-20-5-4-13-39(20)17-29/h6-7,9,11-12,14-16,20H,3-5,8,10,13,17H2,1-2H3,(H2,34,36)(H,35,37,41)/t20-,29-/m1/s1. The lowest BCUT2D eigenvalue weighted by atomic mass is 9.79. The van der Waals surface area contributed by atoms with Crippen molar-refractivity contribution in [1.29, 1.82) is 0 Å². The number of nitrogens with zero attached hydrogens (tertiary/aromatic N) is 5. The predicted molar refractivity (Wildman–Crippen MR) is 152 cm³/mol. The van der Waals surface area contributed by atoms with Crippen LogP contribution in [0.2, 0.25) is 0 Å². The summed E-state index contributed by atoms with van der Waals surface area (Å²) >= 11 is 0. The van der Waals surface area contributed by atoms with Gasteiger partial charge in [0.2, 0.25) is 0 Å². The van der Waals surface area contributed by atoms with E-state index in [2.05, 4.69) is 27.1 Å². The fraction of sp³-hybridized carbons (Fsp3) is 0.400. The first-order valence-corrected chi connectivity index (χ1v) is 14.1. The van der Waals surface area contributed by atoms with Gasteiger partial charge in [-0.25, -0.2) is 15.0 Å². The molecule has 1 amide bonds. The van der Waals surface area contributed by atoms with E-state index in [0.717, 1.165) is 50.1 Å². The molecule has 2 atom stereocenters.